The lowest BCUT2D eigenvalue weighted by atomic mass is 9.75. The Hall–Kier alpha value is -0.160. The average Bonchev–Trinajstić information content (AvgIpc) is 2.24. The molecule has 1 atom stereocenters. The van der Waals surface area contributed by atoms with Crippen molar-refractivity contribution in [3.63, 3.8) is 0 Å². The van der Waals surface area contributed by atoms with Crippen molar-refractivity contribution < 1.29 is 14.6 Å². The molecular formula is C12H25NO3. The SMILES string of the molecule is CCC1(NCC(O)COCCOC)CCC1. The van der Waals surface area contributed by atoms with Crippen molar-refractivity contribution in [1.82, 2.24) is 5.32 Å². The highest BCUT2D eigenvalue weighted by Gasteiger charge is 2.34. The lowest BCUT2D eigenvalue weighted by Crippen LogP contribution is -2.53. The fraction of sp³-hybridized carbons (Fsp3) is 1.00. The van der Waals surface area contributed by atoms with E-state index in [-0.39, 0.29) is 0 Å². The van der Waals surface area contributed by atoms with Crippen molar-refractivity contribution in [1.29, 1.82) is 0 Å². The second-order valence-corrected chi connectivity index (χ2v) is 4.59. The average molecular weight is 231 g/mol. The van der Waals surface area contributed by atoms with Crippen LogP contribution >= 0.6 is 0 Å². The number of hydrogen-bond donors (Lipinski definition) is 2. The molecule has 0 amide bonds. The number of β-amino-alcohol motifs (C(OH)–C–C–N with tert-alkyl or cyclic N) is 1. The van der Waals surface area contributed by atoms with Crippen LogP contribution in [0, 0.1) is 0 Å². The number of aliphatic hydroxyl groups excluding tert-OH is 1. The highest BCUT2D eigenvalue weighted by Crippen LogP contribution is 2.34. The van der Waals surface area contributed by atoms with E-state index in [1.54, 1.807) is 7.11 Å². The Labute approximate surface area is 98.3 Å². The van der Waals surface area contributed by atoms with Gasteiger partial charge in [0.1, 0.15) is 0 Å². The van der Waals surface area contributed by atoms with Gasteiger partial charge in [0.15, 0.2) is 0 Å². The number of ether oxygens (including phenoxy) is 2. The Balaban J connectivity index is 2.03. The minimum Gasteiger partial charge on any atom is -0.389 e. The Morgan fingerprint density at radius 3 is 2.62 bits per heavy atom. The van der Waals surface area contributed by atoms with Crippen molar-refractivity contribution in [2.75, 3.05) is 33.5 Å². The summed E-state index contributed by atoms with van der Waals surface area (Å²) in [4.78, 5) is 0. The Morgan fingerprint density at radius 1 is 1.38 bits per heavy atom. The molecule has 0 aromatic heterocycles. The first-order valence-corrected chi connectivity index (χ1v) is 6.22. The largest absolute Gasteiger partial charge is 0.389 e. The van der Waals surface area contributed by atoms with E-state index in [0.29, 0.717) is 31.9 Å². The molecule has 0 bridgehead atoms. The van der Waals surface area contributed by atoms with Crippen LogP contribution in [0.5, 0.6) is 0 Å². The summed E-state index contributed by atoms with van der Waals surface area (Å²) in [6, 6.07) is 0. The zero-order valence-electron chi connectivity index (χ0n) is 10.5. The number of rotatable bonds is 9. The molecule has 0 radical (unpaired) electrons. The fourth-order valence-electron chi connectivity index (χ4n) is 2.01. The van der Waals surface area contributed by atoms with Crippen molar-refractivity contribution in [3.8, 4) is 0 Å². The summed E-state index contributed by atoms with van der Waals surface area (Å²) in [5, 5.41) is 13.2. The molecule has 1 saturated carbocycles. The normalized spacial score (nSPS) is 20.4. The van der Waals surface area contributed by atoms with Gasteiger partial charge >= 0.3 is 0 Å². The quantitative estimate of drug-likeness (QED) is 0.580. The van der Waals surface area contributed by atoms with Gasteiger partial charge < -0.3 is 19.9 Å². The molecule has 96 valence electrons. The van der Waals surface area contributed by atoms with Crippen molar-refractivity contribution in [3.05, 3.63) is 0 Å². The van der Waals surface area contributed by atoms with Gasteiger partial charge in [0.25, 0.3) is 0 Å². The highest BCUT2D eigenvalue weighted by molar-refractivity contribution is 4.94. The topological polar surface area (TPSA) is 50.7 Å². The van der Waals surface area contributed by atoms with Gasteiger partial charge in [0.05, 0.1) is 25.9 Å². The van der Waals surface area contributed by atoms with Crippen LogP contribution in [0.15, 0.2) is 0 Å². The van der Waals surface area contributed by atoms with E-state index in [2.05, 4.69) is 12.2 Å². The summed E-state index contributed by atoms with van der Waals surface area (Å²) in [7, 11) is 1.64. The zero-order valence-corrected chi connectivity index (χ0v) is 10.5. The second kappa shape index (κ2) is 7.22. The van der Waals surface area contributed by atoms with Gasteiger partial charge in [-0.1, -0.05) is 6.92 Å². The van der Waals surface area contributed by atoms with E-state index in [4.69, 9.17) is 9.47 Å². The lowest BCUT2D eigenvalue weighted by molar-refractivity contribution is 0.00771. The maximum Gasteiger partial charge on any atom is 0.0897 e. The lowest BCUT2D eigenvalue weighted by Gasteiger charge is -2.42. The summed E-state index contributed by atoms with van der Waals surface area (Å²) >= 11 is 0. The predicted molar refractivity (Wildman–Crippen MR) is 63.6 cm³/mol. The van der Waals surface area contributed by atoms with Gasteiger partial charge in [-0.2, -0.15) is 0 Å². The molecule has 4 nitrogen and oxygen atoms in total. The fourth-order valence-corrected chi connectivity index (χ4v) is 2.01. The minimum atomic E-state index is -0.416. The molecule has 2 N–H and O–H groups in total. The van der Waals surface area contributed by atoms with E-state index in [1.807, 2.05) is 0 Å². The predicted octanol–water partition coefficient (Wildman–Crippen LogP) is 0.933. The maximum absolute atomic E-state index is 9.70. The molecule has 0 aromatic carbocycles. The van der Waals surface area contributed by atoms with Crippen molar-refractivity contribution in [2.24, 2.45) is 0 Å². The molecule has 1 aliphatic carbocycles. The highest BCUT2D eigenvalue weighted by atomic mass is 16.5. The van der Waals surface area contributed by atoms with Crippen molar-refractivity contribution in [2.45, 2.75) is 44.2 Å². The molecule has 1 unspecified atom stereocenters. The van der Waals surface area contributed by atoms with Crippen LogP contribution in [0.2, 0.25) is 0 Å². The van der Waals surface area contributed by atoms with Crippen LogP contribution < -0.4 is 5.32 Å². The number of hydrogen-bond acceptors (Lipinski definition) is 4. The van der Waals surface area contributed by atoms with E-state index in [9.17, 15) is 5.11 Å². The number of nitrogens with one attached hydrogen (secondary N) is 1. The third kappa shape index (κ3) is 4.37. The molecule has 1 rings (SSSR count). The van der Waals surface area contributed by atoms with Crippen molar-refractivity contribution >= 4 is 0 Å². The third-order valence-corrected chi connectivity index (χ3v) is 3.44. The molecule has 0 aliphatic heterocycles. The summed E-state index contributed by atoms with van der Waals surface area (Å²) in [5.41, 5.74) is 0.299. The second-order valence-electron chi connectivity index (χ2n) is 4.59. The molecule has 1 aliphatic rings. The third-order valence-electron chi connectivity index (χ3n) is 3.44. The first-order valence-electron chi connectivity index (χ1n) is 6.22. The smallest absolute Gasteiger partial charge is 0.0897 e. The molecule has 16 heavy (non-hydrogen) atoms. The Kier molecular flexibility index (Phi) is 6.28. The van der Waals surface area contributed by atoms with Crippen LogP contribution in [-0.2, 0) is 9.47 Å². The molecule has 0 heterocycles. The summed E-state index contributed by atoms with van der Waals surface area (Å²) < 4.78 is 10.1. The maximum atomic E-state index is 9.70. The van der Waals surface area contributed by atoms with Crippen LogP contribution in [0.4, 0.5) is 0 Å². The Morgan fingerprint density at radius 2 is 2.12 bits per heavy atom. The van der Waals surface area contributed by atoms with E-state index in [1.165, 1.54) is 19.3 Å². The van der Waals surface area contributed by atoms with E-state index in [0.717, 1.165) is 6.42 Å². The van der Waals surface area contributed by atoms with Gasteiger partial charge in [-0.25, -0.2) is 0 Å². The van der Waals surface area contributed by atoms with E-state index < -0.39 is 6.10 Å². The minimum absolute atomic E-state index is 0.299. The zero-order chi connectivity index (χ0) is 11.9. The van der Waals surface area contributed by atoms with Crippen LogP contribution in [0.1, 0.15) is 32.6 Å². The first kappa shape index (κ1) is 13.9. The first-order chi connectivity index (χ1) is 7.72. The molecule has 0 aromatic rings. The van der Waals surface area contributed by atoms with Crippen LogP contribution in [0.3, 0.4) is 0 Å². The van der Waals surface area contributed by atoms with Gasteiger partial charge in [-0.3, -0.25) is 0 Å². The molecule has 0 spiro atoms. The Bertz CT molecular complexity index is 178. The summed E-state index contributed by atoms with van der Waals surface area (Å²) in [6.45, 7) is 4.34. The number of methoxy groups -OCH3 is 1. The molecular weight excluding hydrogens is 206 g/mol. The number of aliphatic hydroxyl groups is 1. The van der Waals surface area contributed by atoms with Gasteiger partial charge in [0.2, 0.25) is 0 Å². The van der Waals surface area contributed by atoms with Gasteiger partial charge in [0, 0.05) is 19.2 Å². The van der Waals surface area contributed by atoms with E-state index >= 15 is 0 Å². The standard InChI is InChI=1S/C12H25NO3/c1-3-12(5-4-6-12)13-9-11(14)10-16-8-7-15-2/h11,13-14H,3-10H2,1-2H3. The monoisotopic (exact) mass is 231 g/mol. The van der Waals surface area contributed by atoms with Crippen LogP contribution in [0.25, 0.3) is 0 Å². The molecule has 0 saturated heterocycles. The molecule has 1 fully saturated rings. The van der Waals surface area contributed by atoms with Gasteiger partial charge in [-0.05, 0) is 25.7 Å². The molecule has 4 heteroatoms. The summed E-state index contributed by atoms with van der Waals surface area (Å²) in [5.74, 6) is 0. The van der Waals surface area contributed by atoms with Crippen LogP contribution in [-0.4, -0.2) is 50.2 Å². The summed E-state index contributed by atoms with van der Waals surface area (Å²) in [6.07, 6.45) is 4.51. The van der Waals surface area contributed by atoms with Gasteiger partial charge in [-0.15, -0.1) is 0 Å².